The molecule has 1 heterocycles. The molecule has 2 aromatic rings. The summed E-state index contributed by atoms with van der Waals surface area (Å²) in [7, 11) is 0. The molecule has 0 bridgehead atoms. The molecule has 0 fully saturated rings. The largest absolute Gasteiger partial charge is 0.264 e. The molecule has 0 aliphatic rings. The van der Waals surface area contributed by atoms with Crippen LogP contribution < -0.4 is 0 Å². The van der Waals surface area contributed by atoms with Crippen LogP contribution in [0.15, 0.2) is 48.8 Å². The van der Waals surface area contributed by atoms with Gasteiger partial charge in [0.1, 0.15) is 0 Å². The minimum atomic E-state index is -0.0981. The van der Waals surface area contributed by atoms with Gasteiger partial charge in [-0.15, -0.1) is 0 Å². The molecule has 1 aromatic heterocycles. The number of nitrogens with zero attached hydrogens (tertiary/aromatic N) is 2. The number of aromatic nitrogens is 1. The zero-order valence-corrected chi connectivity index (χ0v) is 9.80. The first-order valence-corrected chi connectivity index (χ1v) is 5.64. The van der Waals surface area contributed by atoms with E-state index in [1.165, 1.54) is 5.56 Å². The fraction of sp³-hybridized carbons (Fsp3) is 0.200. The maximum Gasteiger partial charge on any atom is 0.0753 e. The Morgan fingerprint density at radius 3 is 2.82 bits per heavy atom. The first-order chi connectivity index (χ1) is 8.29. The molecule has 17 heavy (non-hydrogen) atoms. The summed E-state index contributed by atoms with van der Waals surface area (Å²) in [5, 5.41) is 9.26. The molecule has 1 unspecified atom stereocenters. The van der Waals surface area contributed by atoms with E-state index in [1.807, 2.05) is 43.5 Å². The lowest BCUT2D eigenvalue weighted by Crippen LogP contribution is -2.01. The van der Waals surface area contributed by atoms with Crippen molar-refractivity contribution in [3.63, 3.8) is 0 Å². The van der Waals surface area contributed by atoms with Gasteiger partial charge in [-0.1, -0.05) is 35.9 Å². The third-order valence-corrected chi connectivity index (χ3v) is 2.76. The maximum atomic E-state index is 9.26. The van der Waals surface area contributed by atoms with Gasteiger partial charge in [0.05, 0.1) is 12.0 Å². The highest BCUT2D eigenvalue weighted by molar-refractivity contribution is 5.31. The molecule has 0 saturated heterocycles. The minimum Gasteiger partial charge on any atom is -0.264 e. The fourth-order valence-corrected chi connectivity index (χ4v) is 1.88. The van der Waals surface area contributed by atoms with Gasteiger partial charge in [-0.25, -0.2) is 0 Å². The highest BCUT2D eigenvalue weighted by Crippen LogP contribution is 2.20. The van der Waals surface area contributed by atoms with E-state index < -0.39 is 0 Å². The molecule has 0 amide bonds. The Labute approximate surface area is 102 Å². The summed E-state index contributed by atoms with van der Waals surface area (Å²) < 4.78 is 0. The monoisotopic (exact) mass is 222 g/mol. The normalized spacial score (nSPS) is 11.8. The van der Waals surface area contributed by atoms with E-state index in [-0.39, 0.29) is 5.92 Å². The number of hydrogen-bond donors (Lipinski definition) is 0. The van der Waals surface area contributed by atoms with Crippen molar-refractivity contribution in [1.82, 2.24) is 4.98 Å². The van der Waals surface area contributed by atoms with Gasteiger partial charge in [-0.05, 0) is 30.5 Å². The number of nitriles is 1. The van der Waals surface area contributed by atoms with E-state index in [1.54, 1.807) is 6.20 Å². The highest BCUT2D eigenvalue weighted by atomic mass is 14.6. The summed E-state index contributed by atoms with van der Waals surface area (Å²) in [6.45, 7) is 2.04. The average molecular weight is 222 g/mol. The number of aryl methyl sites for hydroxylation is 1. The highest BCUT2D eigenvalue weighted by Gasteiger charge is 2.11. The molecule has 2 heteroatoms. The van der Waals surface area contributed by atoms with Crippen molar-refractivity contribution in [3.05, 3.63) is 65.5 Å². The molecule has 0 N–H and O–H groups in total. The van der Waals surface area contributed by atoms with Crippen molar-refractivity contribution < 1.29 is 0 Å². The molecule has 1 atom stereocenters. The standard InChI is InChI=1S/C15H14N2/c1-12-4-2-6-14(8-12)15(10-16)9-13-5-3-7-17-11-13/h2-8,11,15H,9H2,1H3. The second-order valence-corrected chi connectivity index (χ2v) is 4.16. The van der Waals surface area contributed by atoms with E-state index in [0.29, 0.717) is 6.42 Å². The summed E-state index contributed by atoms with van der Waals surface area (Å²) >= 11 is 0. The third-order valence-electron chi connectivity index (χ3n) is 2.76. The molecule has 1 aromatic carbocycles. The van der Waals surface area contributed by atoms with Crippen LogP contribution in [0.4, 0.5) is 0 Å². The lowest BCUT2D eigenvalue weighted by molar-refractivity contribution is 0.843. The van der Waals surface area contributed by atoms with Crippen molar-refractivity contribution in [2.24, 2.45) is 0 Å². The van der Waals surface area contributed by atoms with Crippen molar-refractivity contribution in [3.8, 4) is 6.07 Å². The van der Waals surface area contributed by atoms with Gasteiger partial charge in [0.2, 0.25) is 0 Å². The van der Waals surface area contributed by atoms with Gasteiger partial charge < -0.3 is 0 Å². The summed E-state index contributed by atoms with van der Waals surface area (Å²) in [6, 6.07) is 14.4. The molecule has 0 aliphatic carbocycles. The van der Waals surface area contributed by atoms with Gasteiger partial charge >= 0.3 is 0 Å². The average Bonchev–Trinajstić information content (AvgIpc) is 2.37. The van der Waals surface area contributed by atoms with E-state index in [4.69, 9.17) is 0 Å². The van der Waals surface area contributed by atoms with E-state index in [2.05, 4.69) is 17.1 Å². The van der Waals surface area contributed by atoms with Crippen LogP contribution in [0.2, 0.25) is 0 Å². The van der Waals surface area contributed by atoms with Crippen molar-refractivity contribution in [2.45, 2.75) is 19.3 Å². The Kier molecular flexibility index (Phi) is 3.52. The Hall–Kier alpha value is -2.14. The number of pyridine rings is 1. The molecule has 0 radical (unpaired) electrons. The van der Waals surface area contributed by atoms with E-state index in [0.717, 1.165) is 11.1 Å². The first-order valence-electron chi connectivity index (χ1n) is 5.64. The van der Waals surface area contributed by atoms with Crippen LogP contribution in [0.3, 0.4) is 0 Å². The van der Waals surface area contributed by atoms with Crippen LogP contribution >= 0.6 is 0 Å². The molecule has 0 saturated carbocycles. The van der Waals surface area contributed by atoms with Crippen molar-refractivity contribution >= 4 is 0 Å². The van der Waals surface area contributed by atoms with Crippen LogP contribution in [0.25, 0.3) is 0 Å². The maximum absolute atomic E-state index is 9.26. The predicted molar refractivity (Wildman–Crippen MR) is 67.5 cm³/mol. The Balaban J connectivity index is 2.21. The first kappa shape index (κ1) is 11.3. The van der Waals surface area contributed by atoms with E-state index >= 15 is 0 Å². The smallest absolute Gasteiger partial charge is 0.0753 e. The molecule has 0 spiro atoms. The van der Waals surface area contributed by atoms with Crippen molar-refractivity contribution in [1.29, 1.82) is 5.26 Å². The van der Waals surface area contributed by atoms with Crippen LogP contribution in [0.5, 0.6) is 0 Å². The SMILES string of the molecule is Cc1cccc(C(C#N)Cc2cccnc2)c1. The van der Waals surface area contributed by atoms with Crippen LogP contribution in [0, 0.1) is 18.3 Å². The van der Waals surface area contributed by atoms with Gasteiger partial charge in [-0.2, -0.15) is 5.26 Å². The Morgan fingerprint density at radius 1 is 1.29 bits per heavy atom. The second-order valence-electron chi connectivity index (χ2n) is 4.16. The molecule has 84 valence electrons. The summed E-state index contributed by atoms with van der Waals surface area (Å²) in [5.41, 5.74) is 3.37. The lowest BCUT2D eigenvalue weighted by Gasteiger charge is -2.09. The second kappa shape index (κ2) is 5.27. The molecule has 0 aliphatic heterocycles. The minimum absolute atomic E-state index is 0.0981. The summed E-state index contributed by atoms with van der Waals surface area (Å²) in [6.07, 6.45) is 4.28. The number of hydrogen-bond acceptors (Lipinski definition) is 2. The molecule has 2 rings (SSSR count). The summed E-state index contributed by atoms with van der Waals surface area (Å²) in [4.78, 5) is 4.07. The quantitative estimate of drug-likeness (QED) is 0.799. The zero-order chi connectivity index (χ0) is 12.1. The molecular weight excluding hydrogens is 208 g/mol. The van der Waals surface area contributed by atoms with Crippen LogP contribution in [-0.2, 0) is 6.42 Å². The van der Waals surface area contributed by atoms with Gasteiger partial charge in [0.25, 0.3) is 0 Å². The fourth-order valence-electron chi connectivity index (χ4n) is 1.88. The number of rotatable bonds is 3. The molecular formula is C15H14N2. The summed E-state index contributed by atoms with van der Waals surface area (Å²) in [5.74, 6) is -0.0981. The Morgan fingerprint density at radius 2 is 2.18 bits per heavy atom. The van der Waals surface area contributed by atoms with Gasteiger partial charge in [-0.3, -0.25) is 4.98 Å². The zero-order valence-electron chi connectivity index (χ0n) is 9.80. The predicted octanol–water partition coefficient (Wildman–Crippen LogP) is 3.24. The van der Waals surface area contributed by atoms with Crippen molar-refractivity contribution in [2.75, 3.05) is 0 Å². The van der Waals surface area contributed by atoms with E-state index in [9.17, 15) is 5.26 Å². The Bertz CT molecular complexity index is 526. The van der Waals surface area contributed by atoms with Crippen LogP contribution in [-0.4, -0.2) is 4.98 Å². The topological polar surface area (TPSA) is 36.7 Å². The van der Waals surface area contributed by atoms with Gasteiger partial charge in [0.15, 0.2) is 0 Å². The molecule has 2 nitrogen and oxygen atoms in total. The lowest BCUT2D eigenvalue weighted by atomic mass is 9.93. The van der Waals surface area contributed by atoms with Gasteiger partial charge in [0, 0.05) is 12.4 Å². The third kappa shape index (κ3) is 2.92. The van der Waals surface area contributed by atoms with Crippen LogP contribution in [0.1, 0.15) is 22.6 Å². The number of benzene rings is 1.